The van der Waals surface area contributed by atoms with Crippen molar-refractivity contribution in [2.24, 2.45) is 0 Å². The van der Waals surface area contributed by atoms with Crippen molar-refractivity contribution in [2.45, 2.75) is 25.7 Å². The number of nitrogens with zero attached hydrogens (tertiary/aromatic N) is 2. The van der Waals surface area contributed by atoms with E-state index in [0.29, 0.717) is 16.5 Å². The third kappa shape index (κ3) is 2.89. The van der Waals surface area contributed by atoms with Gasteiger partial charge in [-0.1, -0.05) is 30.3 Å². The Balaban J connectivity index is 1.62. The van der Waals surface area contributed by atoms with Crippen LogP contribution in [0.3, 0.4) is 0 Å². The second-order valence-electron chi connectivity index (χ2n) is 6.58. The SMILES string of the molecule is CC(=O)c1sc2nccc(N3CCC(c4ccccc4)CC3)c2c1N. The van der Waals surface area contributed by atoms with Crippen LogP contribution in [0.15, 0.2) is 42.6 Å². The smallest absolute Gasteiger partial charge is 0.171 e. The predicted octanol–water partition coefficient (Wildman–Crippen LogP) is 4.47. The fourth-order valence-electron chi connectivity index (χ4n) is 3.73. The first-order valence-electron chi connectivity index (χ1n) is 8.63. The van der Waals surface area contributed by atoms with Gasteiger partial charge in [0.15, 0.2) is 5.78 Å². The van der Waals surface area contributed by atoms with Crippen molar-refractivity contribution in [3.8, 4) is 0 Å². The van der Waals surface area contributed by atoms with Crippen LogP contribution >= 0.6 is 11.3 Å². The number of nitrogens with two attached hydrogens (primary N) is 1. The highest BCUT2D eigenvalue weighted by Crippen LogP contribution is 2.40. The highest BCUT2D eigenvalue weighted by Gasteiger charge is 2.24. The van der Waals surface area contributed by atoms with E-state index < -0.39 is 0 Å². The van der Waals surface area contributed by atoms with E-state index in [2.05, 4.69) is 40.2 Å². The van der Waals surface area contributed by atoms with Crippen molar-refractivity contribution in [2.75, 3.05) is 23.7 Å². The lowest BCUT2D eigenvalue weighted by Gasteiger charge is -2.34. The van der Waals surface area contributed by atoms with Crippen LogP contribution in [0.2, 0.25) is 0 Å². The van der Waals surface area contributed by atoms with Crippen LogP contribution in [0.4, 0.5) is 11.4 Å². The predicted molar refractivity (Wildman–Crippen MR) is 105 cm³/mol. The molecule has 0 spiro atoms. The number of hydrogen-bond acceptors (Lipinski definition) is 5. The average Bonchev–Trinajstić information content (AvgIpc) is 3.00. The maximum absolute atomic E-state index is 11.8. The lowest BCUT2D eigenvalue weighted by molar-refractivity contribution is 0.102. The standard InChI is InChI=1S/C20H21N3OS/c1-13(24)19-18(21)17-16(7-10-22-20(17)25-19)23-11-8-15(9-12-23)14-5-3-2-4-6-14/h2-7,10,15H,8-9,11-12,21H2,1H3. The number of piperidine rings is 1. The first kappa shape index (κ1) is 16.1. The summed E-state index contributed by atoms with van der Waals surface area (Å²) in [4.78, 5) is 20.1. The van der Waals surface area contributed by atoms with Crippen molar-refractivity contribution >= 4 is 38.7 Å². The van der Waals surface area contributed by atoms with Gasteiger partial charge in [0.05, 0.1) is 21.6 Å². The van der Waals surface area contributed by atoms with Crippen LogP contribution < -0.4 is 10.6 Å². The number of benzene rings is 1. The lowest BCUT2D eigenvalue weighted by Crippen LogP contribution is -2.33. The van der Waals surface area contributed by atoms with Gasteiger partial charge in [-0.25, -0.2) is 4.98 Å². The van der Waals surface area contributed by atoms with E-state index in [1.54, 1.807) is 6.92 Å². The summed E-state index contributed by atoms with van der Waals surface area (Å²) < 4.78 is 0. The summed E-state index contributed by atoms with van der Waals surface area (Å²) >= 11 is 1.40. The molecule has 2 N–H and O–H groups in total. The summed E-state index contributed by atoms with van der Waals surface area (Å²) in [7, 11) is 0. The Morgan fingerprint density at radius 1 is 1.20 bits per heavy atom. The zero-order chi connectivity index (χ0) is 17.4. The van der Waals surface area contributed by atoms with E-state index in [1.165, 1.54) is 16.9 Å². The van der Waals surface area contributed by atoms with Crippen LogP contribution in [0.25, 0.3) is 10.2 Å². The van der Waals surface area contributed by atoms with Crippen molar-refractivity contribution in [3.63, 3.8) is 0 Å². The maximum Gasteiger partial charge on any atom is 0.171 e. The van der Waals surface area contributed by atoms with Crippen molar-refractivity contribution < 1.29 is 4.79 Å². The molecule has 1 fully saturated rings. The van der Waals surface area contributed by atoms with E-state index in [1.807, 2.05) is 12.3 Å². The zero-order valence-corrected chi connectivity index (χ0v) is 15.1. The number of rotatable bonds is 3. The van der Waals surface area contributed by atoms with Gasteiger partial charge in [0.1, 0.15) is 4.83 Å². The Kier molecular flexibility index (Phi) is 4.17. The molecule has 1 aromatic carbocycles. The van der Waals surface area contributed by atoms with Gasteiger partial charge in [0, 0.05) is 26.2 Å². The molecule has 0 radical (unpaired) electrons. The Morgan fingerprint density at radius 2 is 1.92 bits per heavy atom. The molecular weight excluding hydrogens is 330 g/mol. The topological polar surface area (TPSA) is 59.2 Å². The highest BCUT2D eigenvalue weighted by atomic mass is 32.1. The van der Waals surface area contributed by atoms with E-state index in [0.717, 1.165) is 41.8 Å². The van der Waals surface area contributed by atoms with Crippen LogP contribution in [0.1, 0.15) is 40.9 Å². The second-order valence-corrected chi connectivity index (χ2v) is 7.58. The van der Waals surface area contributed by atoms with Gasteiger partial charge >= 0.3 is 0 Å². The summed E-state index contributed by atoms with van der Waals surface area (Å²) in [5.41, 5.74) is 9.41. The number of carbonyl (C=O) groups excluding carboxylic acids is 1. The number of nitrogen functional groups attached to an aromatic ring is 1. The van der Waals surface area contributed by atoms with E-state index >= 15 is 0 Å². The molecule has 1 saturated heterocycles. The molecule has 0 saturated carbocycles. The minimum atomic E-state index is 0.00855. The molecule has 4 rings (SSSR count). The largest absolute Gasteiger partial charge is 0.397 e. The van der Waals surface area contributed by atoms with Gasteiger partial charge in [-0.2, -0.15) is 0 Å². The molecule has 1 aliphatic rings. The molecule has 3 aromatic rings. The summed E-state index contributed by atoms with van der Waals surface area (Å²) in [6, 6.07) is 12.8. The molecule has 3 heterocycles. The van der Waals surface area contributed by atoms with Crippen LogP contribution in [-0.2, 0) is 0 Å². The van der Waals surface area contributed by atoms with Crippen LogP contribution in [0, 0.1) is 0 Å². The second kappa shape index (κ2) is 6.48. The number of aromatic nitrogens is 1. The maximum atomic E-state index is 11.8. The summed E-state index contributed by atoms with van der Waals surface area (Å²) in [5.74, 6) is 0.622. The molecular formula is C20H21N3OS. The molecule has 4 nitrogen and oxygen atoms in total. The average molecular weight is 351 g/mol. The Labute approximate surface area is 151 Å². The normalized spacial score (nSPS) is 15.6. The number of pyridine rings is 1. The number of thiophene rings is 1. The first-order valence-corrected chi connectivity index (χ1v) is 9.44. The molecule has 0 bridgehead atoms. The number of Topliss-reactive ketones (excluding diaryl/α,β-unsaturated/α-hetero) is 1. The third-order valence-electron chi connectivity index (χ3n) is 5.03. The molecule has 0 atom stereocenters. The minimum Gasteiger partial charge on any atom is -0.397 e. The summed E-state index contributed by atoms with van der Waals surface area (Å²) in [5, 5.41) is 0.941. The van der Waals surface area contributed by atoms with Gasteiger partial charge in [0.2, 0.25) is 0 Å². The fourth-order valence-corrected chi connectivity index (χ4v) is 4.71. The molecule has 25 heavy (non-hydrogen) atoms. The van der Waals surface area contributed by atoms with Gasteiger partial charge in [-0.3, -0.25) is 4.79 Å². The molecule has 0 unspecified atom stereocenters. The number of carbonyl (C=O) groups is 1. The Morgan fingerprint density at radius 3 is 2.60 bits per heavy atom. The number of anilines is 2. The molecule has 128 valence electrons. The zero-order valence-electron chi connectivity index (χ0n) is 14.2. The number of ketones is 1. The summed E-state index contributed by atoms with van der Waals surface area (Å²) in [6.45, 7) is 3.54. The Bertz CT molecular complexity index is 911. The van der Waals surface area contributed by atoms with Gasteiger partial charge in [-0.05, 0) is 30.4 Å². The van der Waals surface area contributed by atoms with Crippen LogP contribution in [0.5, 0.6) is 0 Å². The molecule has 0 aliphatic carbocycles. The van der Waals surface area contributed by atoms with Gasteiger partial charge in [-0.15, -0.1) is 11.3 Å². The summed E-state index contributed by atoms with van der Waals surface area (Å²) in [6.07, 6.45) is 4.07. The van der Waals surface area contributed by atoms with E-state index in [4.69, 9.17) is 5.73 Å². The first-order chi connectivity index (χ1) is 12.1. The van der Waals surface area contributed by atoms with Crippen molar-refractivity contribution in [3.05, 3.63) is 53.0 Å². The van der Waals surface area contributed by atoms with Crippen molar-refractivity contribution in [1.82, 2.24) is 4.98 Å². The molecule has 1 aliphatic heterocycles. The monoisotopic (exact) mass is 351 g/mol. The highest BCUT2D eigenvalue weighted by molar-refractivity contribution is 7.21. The molecule has 5 heteroatoms. The number of fused-ring (bicyclic) bond motifs is 1. The Hall–Kier alpha value is -2.40. The number of hydrogen-bond donors (Lipinski definition) is 1. The van der Waals surface area contributed by atoms with Gasteiger partial charge in [0.25, 0.3) is 0 Å². The quantitative estimate of drug-likeness (QED) is 0.708. The lowest BCUT2D eigenvalue weighted by atomic mass is 9.89. The van der Waals surface area contributed by atoms with Crippen molar-refractivity contribution in [1.29, 1.82) is 0 Å². The minimum absolute atomic E-state index is 0.00855. The van der Waals surface area contributed by atoms with E-state index in [9.17, 15) is 4.79 Å². The van der Waals surface area contributed by atoms with Crippen LogP contribution in [-0.4, -0.2) is 23.9 Å². The molecule has 2 aromatic heterocycles. The third-order valence-corrected chi connectivity index (χ3v) is 6.25. The van der Waals surface area contributed by atoms with E-state index in [-0.39, 0.29) is 5.78 Å². The molecule has 0 amide bonds. The van der Waals surface area contributed by atoms with Gasteiger partial charge < -0.3 is 10.6 Å². The fraction of sp³-hybridized carbons (Fsp3) is 0.300.